The molecular weight excluding hydrogens is 275 g/mol. The van der Waals surface area contributed by atoms with E-state index in [0.717, 1.165) is 0 Å². The van der Waals surface area contributed by atoms with E-state index in [2.05, 4.69) is 0 Å². The van der Waals surface area contributed by atoms with Crippen molar-refractivity contribution in [2.75, 3.05) is 5.88 Å². The molecule has 1 aromatic heterocycles. The predicted molar refractivity (Wildman–Crippen MR) is 58.4 cm³/mol. The van der Waals surface area contributed by atoms with E-state index < -0.39 is 35.1 Å². The number of halogens is 4. The molecule has 1 rings (SSSR count). The van der Waals surface area contributed by atoms with Gasteiger partial charge in [0.05, 0.1) is 11.7 Å². The molecule has 102 valence electrons. The first kappa shape index (κ1) is 15.0. The molecule has 0 saturated heterocycles. The zero-order valence-corrected chi connectivity index (χ0v) is 9.79. The van der Waals surface area contributed by atoms with Crippen LogP contribution in [0.2, 0.25) is 0 Å². The maximum absolute atomic E-state index is 12.4. The van der Waals surface area contributed by atoms with Crippen molar-refractivity contribution in [3.8, 4) is 0 Å². The number of aromatic amines is 1. The molecule has 0 amide bonds. The number of H-pyrrole nitrogens is 1. The van der Waals surface area contributed by atoms with Crippen molar-refractivity contribution in [1.29, 1.82) is 0 Å². The Bertz CT molecular complexity index is 460. The van der Waals surface area contributed by atoms with Crippen LogP contribution in [-0.4, -0.2) is 27.2 Å². The summed E-state index contributed by atoms with van der Waals surface area (Å²) in [7, 11) is 0. The minimum Gasteiger partial charge on any atom is -0.390 e. The molecule has 1 heterocycles. The normalized spacial score (nSPS) is 15.4. The van der Waals surface area contributed by atoms with E-state index >= 15 is 0 Å². The minimum absolute atomic E-state index is 0.00902. The smallest absolute Gasteiger partial charge is 0.390 e. The second-order valence-electron chi connectivity index (χ2n) is 3.66. The molecule has 4 nitrogen and oxygen atoms in total. The van der Waals surface area contributed by atoms with E-state index in [4.69, 9.17) is 11.6 Å². The van der Waals surface area contributed by atoms with E-state index in [-0.39, 0.29) is 12.3 Å². The van der Waals surface area contributed by atoms with E-state index in [0.29, 0.717) is 12.3 Å². The van der Waals surface area contributed by atoms with Crippen LogP contribution in [-0.2, 0) is 6.18 Å². The molecule has 0 aliphatic heterocycles. The molecule has 0 bridgehead atoms. The summed E-state index contributed by atoms with van der Waals surface area (Å²) in [5.41, 5.74) is -2.53. The van der Waals surface area contributed by atoms with Crippen molar-refractivity contribution < 1.29 is 23.4 Å². The first-order valence-corrected chi connectivity index (χ1v) is 5.52. The van der Waals surface area contributed by atoms with Gasteiger partial charge < -0.3 is 15.2 Å². The second kappa shape index (κ2) is 5.73. The number of aliphatic hydroxyl groups excluding tert-OH is 2. The average molecular weight is 286 g/mol. The van der Waals surface area contributed by atoms with E-state index in [1.165, 1.54) is 0 Å². The molecule has 0 spiro atoms. The second-order valence-corrected chi connectivity index (χ2v) is 4.04. The molecule has 0 aliphatic carbocycles. The average Bonchev–Trinajstić information content (AvgIpc) is 2.27. The summed E-state index contributed by atoms with van der Waals surface area (Å²) in [5.74, 6) is 0.00902. The third-order valence-corrected chi connectivity index (χ3v) is 2.57. The number of aliphatic hydroxyl groups is 2. The molecule has 0 saturated carbocycles. The summed E-state index contributed by atoms with van der Waals surface area (Å²) in [6, 6.07) is 0.515. The fourth-order valence-corrected chi connectivity index (χ4v) is 1.59. The Hall–Kier alpha value is -1.05. The number of nitrogens with one attached hydrogen (secondary N) is 1. The standard InChI is InChI=1S/C10H11ClF3NO3/c11-2-1-7(16)8(17)6-3-5(10(12,13)14)4-15-9(6)18/h3-4,7-8,16-17H,1-2H2,(H,15,18). The summed E-state index contributed by atoms with van der Waals surface area (Å²) in [6.45, 7) is 0. The van der Waals surface area contributed by atoms with Crippen LogP contribution in [0.5, 0.6) is 0 Å². The fourth-order valence-electron chi connectivity index (χ4n) is 1.36. The predicted octanol–water partition coefficient (Wildman–Crippen LogP) is 1.42. The van der Waals surface area contributed by atoms with Gasteiger partial charge in [0.1, 0.15) is 6.10 Å². The Kier molecular flexibility index (Phi) is 4.78. The van der Waals surface area contributed by atoms with Crippen LogP contribution < -0.4 is 5.56 Å². The lowest BCUT2D eigenvalue weighted by Gasteiger charge is -2.17. The minimum atomic E-state index is -4.64. The first-order chi connectivity index (χ1) is 8.27. The van der Waals surface area contributed by atoms with Gasteiger partial charge in [-0.25, -0.2) is 0 Å². The third-order valence-electron chi connectivity index (χ3n) is 2.35. The highest BCUT2D eigenvalue weighted by atomic mass is 35.5. The van der Waals surface area contributed by atoms with Crippen LogP contribution in [0.4, 0.5) is 13.2 Å². The number of rotatable bonds is 4. The van der Waals surface area contributed by atoms with Gasteiger partial charge in [-0.15, -0.1) is 11.6 Å². The highest BCUT2D eigenvalue weighted by molar-refractivity contribution is 6.17. The van der Waals surface area contributed by atoms with Gasteiger partial charge >= 0.3 is 6.18 Å². The molecule has 0 fully saturated rings. The van der Waals surface area contributed by atoms with Crippen LogP contribution in [0.1, 0.15) is 23.7 Å². The quantitative estimate of drug-likeness (QED) is 0.733. The maximum Gasteiger partial charge on any atom is 0.417 e. The molecule has 0 aromatic carbocycles. The zero-order chi connectivity index (χ0) is 13.9. The fraction of sp³-hybridized carbons (Fsp3) is 0.500. The van der Waals surface area contributed by atoms with Crippen LogP contribution in [0.15, 0.2) is 17.1 Å². The Morgan fingerprint density at radius 3 is 2.50 bits per heavy atom. The number of aromatic nitrogens is 1. The van der Waals surface area contributed by atoms with Gasteiger partial charge in [-0.2, -0.15) is 13.2 Å². The molecule has 1 aromatic rings. The van der Waals surface area contributed by atoms with Crippen LogP contribution in [0.3, 0.4) is 0 Å². The lowest BCUT2D eigenvalue weighted by molar-refractivity contribution is -0.138. The molecule has 3 N–H and O–H groups in total. The van der Waals surface area contributed by atoms with Crippen molar-refractivity contribution in [2.45, 2.75) is 24.8 Å². The Labute approximate surface area is 105 Å². The van der Waals surface area contributed by atoms with E-state index in [9.17, 15) is 28.2 Å². The largest absolute Gasteiger partial charge is 0.417 e. The lowest BCUT2D eigenvalue weighted by atomic mass is 10.0. The summed E-state index contributed by atoms with van der Waals surface area (Å²) in [4.78, 5) is 13.2. The number of hydrogen-bond acceptors (Lipinski definition) is 3. The van der Waals surface area contributed by atoms with Crippen LogP contribution >= 0.6 is 11.6 Å². The Balaban J connectivity index is 3.12. The van der Waals surface area contributed by atoms with Gasteiger partial charge in [0.2, 0.25) is 0 Å². The molecule has 2 atom stereocenters. The SMILES string of the molecule is O=c1[nH]cc(C(F)(F)F)cc1C(O)C(O)CCCl. The highest BCUT2D eigenvalue weighted by Crippen LogP contribution is 2.29. The maximum atomic E-state index is 12.4. The van der Waals surface area contributed by atoms with Gasteiger partial charge in [-0.1, -0.05) is 0 Å². The van der Waals surface area contributed by atoms with Crippen molar-refractivity contribution in [3.63, 3.8) is 0 Å². The number of hydrogen-bond donors (Lipinski definition) is 3. The van der Waals surface area contributed by atoms with Gasteiger partial charge in [0.25, 0.3) is 5.56 Å². The Morgan fingerprint density at radius 1 is 1.39 bits per heavy atom. The van der Waals surface area contributed by atoms with Crippen molar-refractivity contribution >= 4 is 11.6 Å². The molecule has 18 heavy (non-hydrogen) atoms. The first-order valence-electron chi connectivity index (χ1n) is 4.99. The van der Waals surface area contributed by atoms with Crippen molar-refractivity contribution in [3.05, 3.63) is 33.7 Å². The van der Waals surface area contributed by atoms with Gasteiger partial charge in [-0.05, 0) is 12.5 Å². The monoisotopic (exact) mass is 285 g/mol. The summed E-state index contributed by atoms with van der Waals surface area (Å²) in [6.07, 6.45) is -7.29. The van der Waals surface area contributed by atoms with Crippen LogP contribution in [0.25, 0.3) is 0 Å². The van der Waals surface area contributed by atoms with Crippen LogP contribution in [0, 0.1) is 0 Å². The van der Waals surface area contributed by atoms with Crippen molar-refractivity contribution in [2.24, 2.45) is 0 Å². The molecule has 2 unspecified atom stereocenters. The highest BCUT2D eigenvalue weighted by Gasteiger charge is 2.32. The summed E-state index contributed by atoms with van der Waals surface area (Å²) in [5, 5.41) is 19.0. The summed E-state index contributed by atoms with van der Waals surface area (Å²) < 4.78 is 37.3. The number of alkyl halides is 4. The van der Waals surface area contributed by atoms with Gasteiger partial charge in [-0.3, -0.25) is 4.79 Å². The third kappa shape index (κ3) is 3.47. The zero-order valence-electron chi connectivity index (χ0n) is 9.04. The molecular formula is C10H11ClF3NO3. The lowest BCUT2D eigenvalue weighted by Crippen LogP contribution is -2.26. The number of pyridine rings is 1. The Morgan fingerprint density at radius 2 is 2.00 bits per heavy atom. The summed E-state index contributed by atoms with van der Waals surface area (Å²) >= 11 is 5.33. The molecule has 0 radical (unpaired) electrons. The molecule has 0 aliphatic rings. The van der Waals surface area contributed by atoms with E-state index in [1.54, 1.807) is 0 Å². The molecule has 8 heteroatoms. The topological polar surface area (TPSA) is 73.3 Å². The van der Waals surface area contributed by atoms with Gasteiger partial charge in [0, 0.05) is 17.6 Å². The van der Waals surface area contributed by atoms with Crippen molar-refractivity contribution in [1.82, 2.24) is 4.98 Å². The van der Waals surface area contributed by atoms with E-state index in [1.807, 2.05) is 4.98 Å². The van der Waals surface area contributed by atoms with Gasteiger partial charge in [0.15, 0.2) is 0 Å².